The van der Waals surface area contributed by atoms with Gasteiger partial charge in [0.25, 0.3) is 0 Å². The van der Waals surface area contributed by atoms with Gasteiger partial charge < -0.3 is 10.5 Å². The molecule has 2 aromatic rings. The Labute approximate surface area is 124 Å². The lowest BCUT2D eigenvalue weighted by molar-refractivity contribution is 0.309. The maximum absolute atomic E-state index is 5.84. The molecule has 1 aromatic carbocycles. The summed E-state index contributed by atoms with van der Waals surface area (Å²) in [6, 6.07) is 12.3. The quantitative estimate of drug-likeness (QED) is 0.868. The first-order valence-electron chi connectivity index (χ1n) is 6.69. The number of ether oxygens (including phenoxy) is 1. The summed E-state index contributed by atoms with van der Waals surface area (Å²) < 4.78 is 5.84. The highest BCUT2D eigenvalue weighted by molar-refractivity contribution is 7.12. The predicted octanol–water partition coefficient (Wildman–Crippen LogP) is 3.76. The molecular weight excluding hydrogens is 266 g/mol. The molecule has 20 heavy (non-hydrogen) atoms. The molecule has 104 valence electrons. The molecule has 0 unspecified atom stereocenters. The van der Waals surface area contributed by atoms with E-state index in [1.54, 1.807) is 11.3 Å². The molecule has 0 bridgehead atoms. The molecule has 0 aliphatic heterocycles. The third-order valence-electron chi connectivity index (χ3n) is 2.88. The van der Waals surface area contributed by atoms with Crippen molar-refractivity contribution in [1.82, 2.24) is 0 Å². The monoisotopic (exact) mass is 285 g/mol. The molecule has 3 heteroatoms. The summed E-state index contributed by atoms with van der Waals surface area (Å²) in [6.45, 7) is 5.34. The van der Waals surface area contributed by atoms with Gasteiger partial charge >= 0.3 is 0 Å². The van der Waals surface area contributed by atoms with E-state index in [0.29, 0.717) is 19.1 Å². The van der Waals surface area contributed by atoms with Crippen LogP contribution in [-0.2, 0) is 6.61 Å². The van der Waals surface area contributed by atoms with Crippen molar-refractivity contribution in [2.24, 2.45) is 5.73 Å². The van der Waals surface area contributed by atoms with Gasteiger partial charge in [-0.05, 0) is 35.7 Å². The summed E-state index contributed by atoms with van der Waals surface area (Å²) in [6.07, 6.45) is 0. The van der Waals surface area contributed by atoms with E-state index < -0.39 is 0 Å². The van der Waals surface area contributed by atoms with Crippen LogP contribution < -0.4 is 10.5 Å². The number of nitrogens with two attached hydrogens (primary N) is 1. The van der Waals surface area contributed by atoms with Crippen molar-refractivity contribution >= 4 is 11.3 Å². The van der Waals surface area contributed by atoms with Gasteiger partial charge in [-0.25, -0.2) is 0 Å². The summed E-state index contributed by atoms with van der Waals surface area (Å²) in [7, 11) is 0. The molecule has 0 aliphatic carbocycles. The fourth-order valence-electron chi connectivity index (χ4n) is 1.78. The molecule has 0 saturated heterocycles. The van der Waals surface area contributed by atoms with E-state index in [0.717, 1.165) is 10.6 Å². The Morgan fingerprint density at radius 1 is 1.25 bits per heavy atom. The van der Waals surface area contributed by atoms with Gasteiger partial charge in [-0.1, -0.05) is 37.8 Å². The smallest absolute Gasteiger partial charge is 0.122 e. The largest absolute Gasteiger partial charge is 0.488 e. The van der Waals surface area contributed by atoms with Gasteiger partial charge in [0.2, 0.25) is 0 Å². The molecular formula is C17H19NOS. The standard InChI is InChI=1S/C17H19NOS/c1-13(2)14-5-3-6-15(11-14)19-12-17-9-8-16(20-17)7-4-10-18/h3,5-6,8-9,11,13H,10,12,18H2,1-2H3. The first-order valence-corrected chi connectivity index (χ1v) is 7.51. The first-order chi connectivity index (χ1) is 9.69. The summed E-state index contributed by atoms with van der Waals surface area (Å²) in [5, 5.41) is 0. The van der Waals surface area contributed by atoms with E-state index in [1.165, 1.54) is 10.4 Å². The third-order valence-corrected chi connectivity index (χ3v) is 3.86. The van der Waals surface area contributed by atoms with Gasteiger partial charge in [0, 0.05) is 4.88 Å². The van der Waals surface area contributed by atoms with Gasteiger partial charge in [-0.2, -0.15) is 0 Å². The van der Waals surface area contributed by atoms with Crippen molar-refractivity contribution in [3.05, 3.63) is 51.7 Å². The Morgan fingerprint density at radius 2 is 2.10 bits per heavy atom. The SMILES string of the molecule is CC(C)c1cccc(OCc2ccc(C#CCN)s2)c1. The molecule has 2 nitrogen and oxygen atoms in total. The average molecular weight is 285 g/mol. The Bertz CT molecular complexity index is 619. The molecule has 1 aromatic heterocycles. The Morgan fingerprint density at radius 3 is 2.85 bits per heavy atom. The van der Waals surface area contributed by atoms with Crippen LogP contribution in [0.5, 0.6) is 5.75 Å². The van der Waals surface area contributed by atoms with Crippen molar-refractivity contribution in [3.63, 3.8) is 0 Å². The van der Waals surface area contributed by atoms with E-state index in [4.69, 9.17) is 10.5 Å². The van der Waals surface area contributed by atoms with Gasteiger partial charge in [0.15, 0.2) is 0 Å². The predicted molar refractivity (Wildman–Crippen MR) is 85.1 cm³/mol. The lowest BCUT2D eigenvalue weighted by atomic mass is 10.0. The molecule has 0 spiro atoms. The molecule has 0 aliphatic rings. The molecule has 2 N–H and O–H groups in total. The second-order valence-electron chi connectivity index (χ2n) is 4.79. The van der Waals surface area contributed by atoms with Crippen molar-refractivity contribution in [2.45, 2.75) is 26.4 Å². The lowest BCUT2D eigenvalue weighted by Crippen LogP contribution is -1.94. The number of hydrogen-bond donors (Lipinski definition) is 1. The summed E-state index contributed by atoms with van der Waals surface area (Å²) in [5.41, 5.74) is 6.66. The van der Waals surface area contributed by atoms with Crippen LogP contribution in [0.15, 0.2) is 36.4 Å². The maximum atomic E-state index is 5.84. The van der Waals surface area contributed by atoms with Gasteiger partial charge in [0.05, 0.1) is 11.4 Å². The minimum atomic E-state index is 0.395. The summed E-state index contributed by atoms with van der Waals surface area (Å²) in [4.78, 5) is 2.20. The molecule has 0 fully saturated rings. The van der Waals surface area contributed by atoms with Crippen molar-refractivity contribution in [3.8, 4) is 17.6 Å². The minimum absolute atomic E-state index is 0.395. The highest BCUT2D eigenvalue weighted by Gasteiger charge is 2.03. The fourth-order valence-corrected chi connectivity index (χ4v) is 2.57. The molecule has 0 atom stereocenters. The zero-order valence-electron chi connectivity index (χ0n) is 11.8. The number of benzene rings is 1. The maximum Gasteiger partial charge on any atom is 0.122 e. The van der Waals surface area contributed by atoms with E-state index in [2.05, 4.69) is 43.9 Å². The Kier molecular flexibility index (Phi) is 5.23. The van der Waals surface area contributed by atoms with E-state index >= 15 is 0 Å². The second kappa shape index (κ2) is 7.14. The van der Waals surface area contributed by atoms with Gasteiger partial charge in [-0.3, -0.25) is 0 Å². The highest BCUT2D eigenvalue weighted by Crippen LogP contribution is 2.22. The van der Waals surface area contributed by atoms with Gasteiger partial charge in [-0.15, -0.1) is 11.3 Å². The lowest BCUT2D eigenvalue weighted by Gasteiger charge is -2.09. The molecule has 0 amide bonds. The van der Waals surface area contributed by atoms with Crippen LogP contribution in [0.1, 0.15) is 35.1 Å². The minimum Gasteiger partial charge on any atom is -0.488 e. The van der Waals surface area contributed by atoms with Crippen molar-refractivity contribution in [1.29, 1.82) is 0 Å². The number of rotatable bonds is 4. The van der Waals surface area contributed by atoms with E-state index in [9.17, 15) is 0 Å². The normalized spacial score (nSPS) is 10.2. The van der Waals surface area contributed by atoms with E-state index in [-0.39, 0.29) is 0 Å². The van der Waals surface area contributed by atoms with Crippen LogP contribution in [0, 0.1) is 11.8 Å². The molecule has 0 saturated carbocycles. The van der Waals surface area contributed by atoms with Gasteiger partial charge in [0.1, 0.15) is 12.4 Å². The summed E-state index contributed by atoms with van der Waals surface area (Å²) >= 11 is 1.65. The van der Waals surface area contributed by atoms with Crippen LogP contribution in [0.4, 0.5) is 0 Å². The topological polar surface area (TPSA) is 35.2 Å². The highest BCUT2D eigenvalue weighted by atomic mass is 32.1. The fraction of sp³-hybridized carbons (Fsp3) is 0.294. The van der Waals surface area contributed by atoms with E-state index in [1.807, 2.05) is 18.2 Å². The zero-order valence-corrected chi connectivity index (χ0v) is 12.7. The summed E-state index contributed by atoms with van der Waals surface area (Å²) in [5.74, 6) is 7.32. The molecule has 1 heterocycles. The van der Waals surface area contributed by atoms with Crippen LogP contribution in [0.25, 0.3) is 0 Å². The third kappa shape index (κ3) is 4.12. The van der Waals surface area contributed by atoms with Crippen LogP contribution in [0.3, 0.4) is 0 Å². The molecule has 0 radical (unpaired) electrons. The Balaban J connectivity index is 1.98. The number of thiophene rings is 1. The zero-order chi connectivity index (χ0) is 14.4. The van der Waals surface area contributed by atoms with Crippen molar-refractivity contribution in [2.75, 3.05) is 6.54 Å². The van der Waals surface area contributed by atoms with Crippen LogP contribution in [0.2, 0.25) is 0 Å². The van der Waals surface area contributed by atoms with Crippen molar-refractivity contribution < 1.29 is 4.74 Å². The van der Waals surface area contributed by atoms with Crippen LogP contribution >= 0.6 is 11.3 Å². The first kappa shape index (κ1) is 14.6. The number of hydrogen-bond acceptors (Lipinski definition) is 3. The molecule has 2 rings (SSSR count). The van der Waals surface area contributed by atoms with Crippen LogP contribution in [-0.4, -0.2) is 6.54 Å². The average Bonchev–Trinajstić information content (AvgIpc) is 2.91. The Hall–Kier alpha value is -1.76. The second-order valence-corrected chi connectivity index (χ2v) is 5.96.